The topological polar surface area (TPSA) is 41.6 Å². The fourth-order valence-corrected chi connectivity index (χ4v) is 4.29. The maximum atomic E-state index is 13.2. The van der Waals surface area contributed by atoms with Crippen LogP contribution in [0.2, 0.25) is 0 Å². The summed E-state index contributed by atoms with van der Waals surface area (Å²) in [6.07, 6.45) is -4.47. The number of nitrogens with one attached hydrogen (secondary N) is 1. The summed E-state index contributed by atoms with van der Waals surface area (Å²) in [5.41, 5.74) is -0.656. The number of ketones is 1. The molecule has 0 radical (unpaired) electrons. The second-order valence-corrected chi connectivity index (χ2v) is 7.93. The summed E-state index contributed by atoms with van der Waals surface area (Å²) in [5.74, 6) is -2.92. The van der Waals surface area contributed by atoms with Crippen molar-refractivity contribution in [3.05, 3.63) is 35.9 Å². The van der Waals surface area contributed by atoms with Crippen molar-refractivity contribution >= 4 is 5.78 Å². The highest BCUT2D eigenvalue weighted by Crippen LogP contribution is 2.41. The lowest BCUT2D eigenvalue weighted by Gasteiger charge is -2.54. The average Bonchev–Trinajstić information content (AvgIpc) is 2.53. The molecule has 3 rings (SSSR count). The van der Waals surface area contributed by atoms with E-state index < -0.39 is 29.1 Å². The van der Waals surface area contributed by atoms with Crippen LogP contribution in [-0.2, 0) is 16.1 Å². The summed E-state index contributed by atoms with van der Waals surface area (Å²) in [7, 11) is 0. The van der Waals surface area contributed by atoms with Gasteiger partial charge in [-0.2, -0.15) is 13.2 Å². The van der Waals surface area contributed by atoms with E-state index in [0.29, 0.717) is 32.6 Å². The van der Waals surface area contributed by atoms with E-state index in [1.165, 1.54) is 0 Å². The van der Waals surface area contributed by atoms with Crippen LogP contribution in [0.1, 0.15) is 25.8 Å². The molecule has 2 atom stereocenters. The van der Waals surface area contributed by atoms with Crippen LogP contribution in [-0.4, -0.2) is 54.2 Å². The van der Waals surface area contributed by atoms with Gasteiger partial charge >= 0.3 is 6.18 Å². The van der Waals surface area contributed by atoms with Crippen LogP contribution < -0.4 is 5.32 Å². The molecule has 0 saturated carbocycles. The van der Waals surface area contributed by atoms with Crippen LogP contribution in [0.5, 0.6) is 0 Å². The van der Waals surface area contributed by atoms with Crippen molar-refractivity contribution < 1.29 is 22.7 Å². The van der Waals surface area contributed by atoms with Gasteiger partial charge in [-0.25, -0.2) is 0 Å². The van der Waals surface area contributed by atoms with Crippen molar-refractivity contribution in [2.75, 3.05) is 26.2 Å². The number of carbonyl (C=O) groups is 1. The predicted molar refractivity (Wildman–Crippen MR) is 91.7 cm³/mol. The van der Waals surface area contributed by atoms with Crippen LogP contribution in [0, 0.1) is 5.92 Å². The average molecular weight is 370 g/mol. The molecular formula is C19H25F3N2O2. The van der Waals surface area contributed by atoms with E-state index in [4.69, 9.17) is 4.74 Å². The van der Waals surface area contributed by atoms with Crippen LogP contribution >= 0.6 is 0 Å². The molecule has 2 heterocycles. The summed E-state index contributed by atoms with van der Waals surface area (Å²) >= 11 is 0. The van der Waals surface area contributed by atoms with E-state index in [1.54, 1.807) is 0 Å². The molecule has 1 N–H and O–H groups in total. The molecule has 2 saturated heterocycles. The third-order valence-electron chi connectivity index (χ3n) is 5.13. The number of carbonyl (C=O) groups excluding carboxylic acids is 1. The van der Waals surface area contributed by atoms with Gasteiger partial charge in [0.05, 0.1) is 17.1 Å². The molecule has 144 valence electrons. The van der Waals surface area contributed by atoms with Gasteiger partial charge in [-0.15, -0.1) is 0 Å². The van der Waals surface area contributed by atoms with Gasteiger partial charge < -0.3 is 10.1 Å². The fourth-order valence-electron chi connectivity index (χ4n) is 4.29. The first-order chi connectivity index (χ1) is 12.1. The van der Waals surface area contributed by atoms with E-state index in [2.05, 4.69) is 10.2 Å². The number of nitrogens with zero attached hydrogens (tertiary/aromatic N) is 1. The molecule has 0 aliphatic carbocycles. The normalized spacial score (nSPS) is 29.7. The van der Waals surface area contributed by atoms with Gasteiger partial charge in [0.2, 0.25) is 5.78 Å². The van der Waals surface area contributed by atoms with Gasteiger partial charge in [0.1, 0.15) is 0 Å². The van der Waals surface area contributed by atoms with Crippen molar-refractivity contribution in [1.29, 1.82) is 0 Å². The number of halogens is 3. The molecule has 2 fully saturated rings. The smallest absolute Gasteiger partial charge is 0.366 e. The van der Waals surface area contributed by atoms with Gasteiger partial charge in [-0.1, -0.05) is 30.3 Å². The van der Waals surface area contributed by atoms with Gasteiger partial charge in [0.15, 0.2) is 0 Å². The molecule has 0 aromatic heterocycles. The minimum absolute atomic E-state index is 0.00635. The quantitative estimate of drug-likeness (QED) is 0.889. The zero-order chi connectivity index (χ0) is 19.0. The standard InChI is InChI=1S/C19H25F3N2O2/c1-17(2)12-24(11-14-6-4-3-5-7-14)13-18(26-17)8-9-23-10-15(18)16(25)19(20,21)22/h3-7,15,23H,8-13H2,1-2H3. The van der Waals surface area contributed by atoms with Crippen LogP contribution in [0.3, 0.4) is 0 Å². The highest BCUT2D eigenvalue weighted by Gasteiger charge is 2.57. The maximum Gasteiger partial charge on any atom is 0.450 e. The second-order valence-electron chi connectivity index (χ2n) is 7.93. The fraction of sp³-hybridized carbons (Fsp3) is 0.632. The third-order valence-corrected chi connectivity index (χ3v) is 5.13. The predicted octanol–water partition coefficient (Wildman–Crippen LogP) is 2.78. The number of ether oxygens (including phenoxy) is 1. The SMILES string of the molecule is CC1(C)CN(Cc2ccccc2)CC2(CCNCC2C(=O)C(F)(F)F)O1. The van der Waals surface area contributed by atoms with Gasteiger partial charge in [0.25, 0.3) is 0 Å². The first-order valence-electron chi connectivity index (χ1n) is 8.90. The number of piperidine rings is 1. The number of morpholine rings is 1. The number of Topliss-reactive ketones (excluding diaryl/α,β-unsaturated/α-hetero) is 1. The Morgan fingerprint density at radius 2 is 1.96 bits per heavy atom. The molecule has 1 spiro atoms. The van der Waals surface area contributed by atoms with Gasteiger partial charge in [-0.3, -0.25) is 9.69 Å². The molecular weight excluding hydrogens is 345 g/mol. The van der Waals surface area contributed by atoms with Gasteiger partial charge in [-0.05, 0) is 32.4 Å². The highest BCUT2D eigenvalue weighted by atomic mass is 19.4. The summed E-state index contributed by atoms with van der Waals surface area (Å²) < 4.78 is 45.7. The van der Waals surface area contributed by atoms with E-state index >= 15 is 0 Å². The lowest BCUT2D eigenvalue weighted by molar-refractivity contribution is -0.237. The van der Waals surface area contributed by atoms with Crippen molar-refractivity contribution in [3.8, 4) is 0 Å². The Balaban J connectivity index is 1.88. The monoisotopic (exact) mass is 370 g/mol. The van der Waals surface area contributed by atoms with E-state index in [0.717, 1.165) is 5.56 Å². The van der Waals surface area contributed by atoms with Crippen LogP contribution in [0.15, 0.2) is 30.3 Å². The molecule has 2 aliphatic rings. The molecule has 4 nitrogen and oxygen atoms in total. The van der Waals surface area contributed by atoms with E-state index in [-0.39, 0.29) is 6.54 Å². The first-order valence-corrected chi connectivity index (χ1v) is 8.90. The molecule has 1 aromatic carbocycles. The zero-order valence-electron chi connectivity index (χ0n) is 15.1. The summed E-state index contributed by atoms with van der Waals surface area (Å²) in [4.78, 5) is 14.2. The number of alkyl halides is 3. The molecule has 7 heteroatoms. The van der Waals surface area contributed by atoms with Crippen molar-refractivity contribution in [2.45, 2.75) is 44.2 Å². The van der Waals surface area contributed by atoms with Crippen LogP contribution in [0.4, 0.5) is 13.2 Å². The lowest BCUT2D eigenvalue weighted by Crippen LogP contribution is -2.68. The molecule has 0 bridgehead atoms. The largest absolute Gasteiger partial charge is 0.450 e. The summed E-state index contributed by atoms with van der Waals surface area (Å²) in [6.45, 7) is 5.83. The van der Waals surface area contributed by atoms with Crippen molar-refractivity contribution in [2.24, 2.45) is 5.92 Å². The number of rotatable bonds is 3. The number of benzene rings is 1. The van der Waals surface area contributed by atoms with Crippen molar-refractivity contribution in [1.82, 2.24) is 10.2 Å². The molecule has 1 aromatic rings. The van der Waals surface area contributed by atoms with Crippen molar-refractivity contribution in [3.63, 3.8) is 0 Å². The zero-order valence-corrected chi connectivity index (χ0v) is 15.1. The third kappa shape index (κ3) is 4.10. The molecule has 26 heavy (non-hydrogen) atoms. The Kier molecular flexibility index (Phi) is 5.16. The van der Waals surface area contributed by atoms with E-state index in [1.807, 2.05) is 44.2 Å². The highest BCUT2D eigenvalue weighted by molar-refractivity contribution is 5.87. The second kappa shape index (κ2) is 6.94. The Morgan fingerprint density at radius 1 is 1.27 bits per heavy atom. The molecule has 0 amide bonds. The molecule has 2 unspecified atom stereocenters. The van der Waals surface area contributed by atoms with Gasteiger partial charge in [0, 0.05) is 26.2 Å². The maximum absolute atomic E-state index is 13.2. The Labute approximate surface area is 151 Å². The summed E-state index contributed by atoms with van der Waals surface area (Å²) in [6, 6.07) is 9.80. The Morgan fingerprint density at radius 3 is 2.62 bits per heavy atom. The lowest BCUT2D eigenvalue weighted by atomic mass is 9.76. The minimum atomic E-state index is -4.86. The Bertz CT molecular complexity index is 648. The van der Waals surface area contributed by atoms with E-state index in [9.17, 15) is 18.0 Å². The minimum Gasteiger partial charge on any atom is -0.366 e. The van der Waals surface area contributed by atoms with Crippen LogP contribution in [0.25, 0.3) is 0 Å². The molecule has 2 aliphatic heterocycles. The number of hydrogen-bond acceptors (Lipinski definition) is 4. The first kappa shape index (κ1) is 19.3. The summed E-state index contributed by atoms with van der Waals surface area (Å²) in [5, 5.41) is 2.93. The number of hydrogen-bond donors (Lipinski definition) is 1. The Hall–Kier alpha value is -1.44.